The van der Waals surface area contributed by atoms with E-state index < -0.39 is 10.0 Å². The Morgan fingerprint density at radius 2 is 1.91 bits per heavy atom. The maximum Gasteiger partial charge on any atom is 0.239 e. The van der Waals surface area contributed by atoms with Gasteiger partial charge in [0.15, 0.2) is 18.5 Å². The van der Waals surface area contributed by atoms with Crippen molar-refractivity contribution in [2.45, 2.75) is 43.4 Å². The number of aliphatic imine (C=N–C) groups is 1. The Hall–Kier alpha value is -3.11. The highest BCUT2D eigenvalue weighted by Gasteiger charge is 2.28. The minimum absolute atomic E-state index is 0.101. The summed E-state index contributed by atoms with van der Waals surface area (Å²) < 4.78 is 25.8. The number of anilines is 1. The Morgan fingerprint density at radius 3 is 2.62 bits per heavy atom. The number of rotatable bonds is 5. The second-order valence-corrected chi connectivity index (χ2v) is 9.95. The lowest BCUT2D eigenvalue weighted by molar-refractivity contribution is 0.355. The van der Waals surface area contributed by atoms with Crippen LogP contribution in [0, 0.1) is 5.92 Å². The highest BCUT2D eigenvalue weighted by molar-refractivity contribution is 7.89. The van der Waals surface area contributed by atoms with Gasteiger partial charge >= 0.3 is 0 Å². The van der Waals surface area contributed by atoms with Crippen LogP contribution in [0.1, 0.15) is 43.2 Å². The van der Waals surface area contributed by atoms with Crippen molar-refractivity contribution in [2.24, 2.45) is 26.3 Å². The summed E-state index contributed by atoms with van der Waals surface area (Å²) >= 11 is 0. The van der Waals surface area contributed by atoms with Crippen LogP contribution in [0.25, 0.3) is 22.2 Å². The molecule has 1 aliphatic heterocycles. The summed E-state index contributed by atoms with van der Waals surface area (Å²) in [7, 11) is -4.04. The molecule has 32 heavy (non-hydrogen) atoms. The van der Waals surface area contributed by atoms with E-state index in [9.17, 15) is 8.42 Å². The number of aromatic amines is 1. The first-order chi connectivity index (χ1) is 15.4. The predicted octanol–water partition coefficient (Wildman–Crippen LogP) is 3.75. The fraction of sp³-hybridized carbons (Fsp3) is 0.364. The van der Waals surface area contributed by atoms with Gasteiger partial charge in [0.1, 0.15) is 0 Å². The van der Waals surface area contributed by atoms with Crippen molar-refractivity contribution < 1.29 is 8.42 Å². The number of amidine groups is 1. The molecule has 9 nitrogen and oxygen atoms in total. The molecular weight excluding hydrogens is 426 g/mol. The standard InChI is InChI=1S/C22H25N7O2S/c23-22-27-17-9-7-14(11-18(17)28-22)16-8-6-15(10-13-4-2-1-3-5-13)20(32(24,30)31)19(16)21-25-12-26-29-21/h6-9,11,13H,1-5,10,12H2,(H3,23,27,28)(H2,24,30,31). The van der Waals surface area contributed by atoms with E-state index in [0.717, 1.165) is 35.0 Å². The van der Waals surface area contributed by atoms with Gasteiger partial charge in [-0.15, -0.1) is 5.11 Å². The second-order valence-electron chi connectivity index (χ2n) is 8.45. The topological polar surface area (TPSA) is 152 Å². The molecule has 0 spiro atoms. The molecule has 3 aromatic rings. The van der Waals surface area contributed by atoms with Crippen LogP contribution >= 0.6 is 0 Å². The molecule has 10 heteroatoms. The molecule has 2 aromatic carbocycles. The van der Waals surface area contributed by atoms with Crippen molar-refractivity contribution >= 4 is 32.8 Å². The van der Waals surface area contributed by atoms with Crippen LogP contribution < -0.4 is 10.9 Å². The van der Waals surface area contributed by atoms with E-state index in [2.05, 4.69) is 25.2 Å². The van der Waals surface area contributed by atoms with Gasteiger partial charge in [-0.2, -0.15) is 5.11 Å². The molecule has 0 unspecified atom stereocenters. The van der Waals surface area contributed by atoms with Crippen molar-refractivity contribution in [3.63, 3.8) is 0 Å². The largest absolute Gasteiger partial charge is 0.369 e. The van der Waals surface area contributed by atoms with Gasteiger partial charge in [-0.25, -0.2) is 23.5 Å². The maximum atomic E-state index is 12.9. The molecular formula is C22H25N7O2S. The number of imidazole rings is 1. The molecule has 0 amide bonds. The number of sulfonamides is 1. The van der Waals surface area contributed by atoms with E-state index in [1.807, 2.05) is 30.3 Å². The third-order valence-corrected chi connectivity index (χ3v) is 7.28. The summed E-state index contributed by atoms with van der Waals surface area (Å²) in [5.74, 6) is 1.05. The molecule has 2 heterocycles. The molecule has 0 bridgehead atoms. The fourth-order valence-electron chi connectivity index (χ4n) is 4.83. The fourth-order valence-corrected chi connectivity index (χ4v) is 5.83. The Labute approximate surface area is 186 Å². The lowest BCUT2D eigenvalue weighted by Gasteiger charge is -2.24. The van der Waals surface area contributed by atoms with Crippen LogP contribution in [-0.4, -0.2) is 30.9 Å². The van der Waals surface area contributed by atoms with Crippen molar-refractivity contribution in [3.8, 4) is 11.1 Å². The summed E-state index contributed by atoms with van der Waals surface area (Å²) in [6.07, 6.45) is 6.45. The molecule has 1 fully saturated rings. The van der Waals surface area contributed by atoms with Crippen LogP contribution in [0.2, 0.25) is 0 Å². The van der Waals surface area contributed by atoms with Crippen LogP contribution in [0.5, 0.6) is 0 Å². The lowest BCUT2D eigenvalue weighted by atomic mass is 9.84. The van der Waals surface area contributed by atoms with Gasteiger partial charge in [-0.05, 0) is 41.2 Å². The van der Waals surface area contributed by atoms with Gasteiger partial charge in [0.05, 0.1) is 15.9 Å². The molecule has 0 radical (unpaired) electrons. The zero-order valence-electron chi connectivity index (χ0n) is 17.6. The van der Waals surface area contributed by atoms with Crippen LogP contribution in [0.4, 0.5) is 5.95 Å². The first kappa shape index (κ1) is 20.8. The number of H-pyrrole nitrogens is 1. The smallest absolute Gasteiger partial charge is 0.239 e. The summed E-state index contributed by atoms with van der Waals surface area (Å²) in [6, 6.07) is 9.41. The highest BCUT2D eigenvalue weighted by Crippen LogP contribution is 2.36. The highest BCUT2D eigenvalue weighted by atomic mass is 32.2. The van der Waals surface area contributed by atoms with Crippen molar-refractivity contribution in [1.82, 2.24) is 9.97 Å². The van der Waals surface area contributed by atoms with E-state index >= 15 is 0 Å². The SMILES string of the molecule is Nc1nc2ccc(-c3ccc(CC4CCCCC4)c(S(N)(=O)=O)c3C3=NCN=N3)cc2[nH]1. The number of nitrogens with two attached hydrogens (primary N) is 2. The lowest BCUT2D eigenvalue weighted by Crippen LogP contribution is -2.21. The normalized spacial score (nSPS) is 17.2. The molecule has 0 saturated heterocycles. The van der Waals surface area contributed by atoms with E-state index in [4.69, 9.17) is 10.9 Å². The van der Waals surface area contributed by atoms with Gasteiger partial charge in [0, 0.05) is 5.56 Å². The summed E-state index contributed by atoms with van der Waals surface area (Å²) in [6.45, 7) is 0.168. The Kier molecular flexibility index (Phi) is 5.26. The van der Waals surface area contributed by atoms with Crippen molar-refractivity contribution in [1.29, 1.82) is 0 Å². The van der Waals surface area contributed by atoms with Gasteiger partial charge in [-0.1, -0.05) is 50.3 Å². The monoisotopic (exact) mass is 451 g/mol. The number of nitrogens with zero attached hydrogens (tertiary/aromatic N) is 4. The Bertz CT molecular complexity index is 1350. The molecule has 1 saturated carbocycles. The third kappa shape index (κ3) is 3.91. The zero-order chi connectivity index (χ0) is 22.3. The Morgan fingerprint density at radius 1 is 1.09 bits per heavy atom. The number of azo groups is 1. The van der Waals surface area contributed by atoms with E-state index in [1.54, 1.807) is 0 Å². The minimum atomic E-state index is -4.04. The van der Waals surface area contributed by atoms with E-state index in [0.29, 0.717) is 35.2 Å². The first-order valence-corrected chi connectivity index (χ1v) is 12.3. The third-order valence-electron chi connectivity index (χ3n) is 6.24. The number of primary sulfonamides is 1. The quantitative estimate of drug-likeness (QED) is 0.541. The van der Waals surface area contributed by atoms with Crippen molar-refractivity contribution in [2.75, 3.05) is 12.4 Å². The molecule has 1 aromatic heterocycles. The first-order valence-electron chi connectivity index (χ1n) is 10.8. The number of hydrogen-bond donors (Lipinski definition) is 3. The number of nitrogen functional groups attached to an aromatic ring is 1. The number of aromatic nitrogens is 2. The summed E-state index contributed by atoms with van der Waals surface area (Å²) in [4.78, 5) is 11.7. The average molecular weight is 452 g/mol. The summed E-state index contributed by atoms with van der Waals surface area (Å²) in [5.41, 5.74) is 9.86. The van der Waals surface area contributed by atoms with Gasteiger partial charge in [-0.3, -0.25) is 0 Å². The van der Waals surface area contributed by atoms with Gasteiger partial charge in [0.25, 0.3) is 0 Å². The second kappa shape index (κ2) is 8.10. The van der Waals surface area contributed by atoms with Crippen LogP contribution in [0.3, 0.4) is 0 Å². The van der Waals surface area contributed by atoms with Crippen molar-refractivity contribution in [3.05, 3.63) is 41.5 Å². The molecule has 1 aliphatic carbocycles. The molecule has 5 rings (SSSR count). The minimum Gasteiger partial charge on any atom is -0.369 e. The van der Waals surface area contributed by atoms with Gasteiger partial charge in [0.2, 0.25) is 10.0 Å². The van der Waals surface area contributed by atoms with E-state index in [1.165, 1.54) is 19.3 Å². The molecule has 5 N–H and O–H groups in total. The maximum absolute atomic E-state index is 12.9. The predicted molar refractivity (Wildman–Crippen MR) is 124 cm³/mol. The number of nitrogens with one attached hydrogen (secondary N) is 1. The van der Waals surface area contributed by atoms with Crippen LogP contribution in [-0.2, 0) is 16.4 Å². The zero-order valence-corrected chi connectivity index (χ0v) is 18.4. The average Bonchev–Trinajstić information content (AvgIpc) is 3.41. The number of fused-ring (bicyclic) bond motifs is 1. The molecule has 166 valence electrons. The number of hydrogen-bond acceptors (Lipinski definition) is 7. The molecule has 0 atom stereocenters. The van der Waals surface area contributed by atoms with Gasteiger partial charge < -0.3 is 10.7 Å². The van der Waals surface area contributed by atoms with E-state index in [-0.39, 0.29) is 11.6 Å². The molecule has 2 aliphatic rings. The summed E-state index contributed by atoms with van der Waals surface area (Å²) in [5, 5.41) is 13.9. The van der Waals surface area contributed by atoms with Crippen LogP contribution in [0.15, 0.2) is 50.4 Å². The number of benzene rings is 2. The Balaban J connectivity index is 1.72.